The SMILES string of the molecule is CNC1CCN(C(=O)COc2cccc(C(C)=O)c2)CC1.Cl. The molecular formula is C16H23ClN2O3. The minimum Gasteiger partial charge on any atom is -0.484 e. The van der Waals surface area contributed by atoms with Crippen LogP contribution in [0.3, 0.4) is 0 Å². The summed E-state index contributed by atoms with van der Waals surface area (Å²) in [7, 11) is 1.95. The van der Waals surface area contributed by atoms with E-state index >= 15 is 0 Å². The molecule has 0 bridgehead atoms. The maximum atomic E-state index is 12.1. The molecule has 22 heavy (non-hydrogen) atoms. The molecule has 0 unspecified atom stereocenters. The highest BCUT2D eigenvalue weighted by Crippen LogP contribution is 2.15. The summed E-state index contributed by atoms with van der Waals surface area (Å²) < 4.78 is 5.51. The fourth-order valence-corrected chi connectivity index (χ4v) is 2.46. The van der Waals surface area contributed by atoms with Crippen molar-refractivity contribution in [2.45, 2.75) is 25.8 Å². The van der Waals surface area contributed by atoms with Crippen LogP contribution >= 0.6 is 12.4 Å². The Morgan fingerprint density at radius 3 is 2.59 bits per heavy atom. The zero-order valence-electron chi connectivity index (χ0n) is 13.0. The van der Waals surface area contributed by atoms with Crippen LogP contribution in [0.25, 0.3) is 0 Å². The number of halogens is 1. The quantitative estimate of drug-likeness (QED) is 0.840. The largest absolute Gasteiger partial charge is 0.484 e. The second kappa shape index (κ2) is 8.76. The number of hydrogen-bond acceptors (Lipinski definition) is 4. The van der Waals surface area contributed by atoms with Crippen LogP contribution in [0.4, 0.5) is 0 Å². The molecule has 1 amide bonds. The van der Waals surface area contributed by atoms with Crippen molar-refractivity contribution in [1.29, 1.82) is 0 Å². The second-order valence-corrected chi connectivity index (χ2v) is 5.32. The molecule has 122 valence electrons. The van der Waals surface area contributed by atoms with Gasteiger partial charge in [-0.1, -0.05) is 12.1 Å². The third-order valence-corrected chi connectivity index (χ3v) is 3.86. The summed E-state index contributed by atoms with van der Waals surface area (Å²) in [4.78, 5) is 25.2. The van der Waals surface area contributed by atoms with Crippen LogP contribution in [0.1, 0.15) is 30.1 Å². The van der Waals surface area contributed by atoms with E-state index in [9.17, 15) is 9.59 Å². The van der Waals surface area contributed by atoms with E-state index in [1.807, 2.05) is 11.9 Å². The monoisotopic (exact) mass is 326 g/mol. The third-order valence-electron chi connectivity index (χ3n) is 3.86. The number of nitrogens with one attached hydrogen (secondary N) is 1. The smallest absolute Gasteiger partial charge is 0.260 e. The molecule has 1 saturated heterocycles. The number of hydrogen-bond donors (Lipinski definition) is 1. The molecule has 0 aliphatic carbocycles. The molecule has 2 rings (SSSR count). The first-order chi connectivity index (χ1) is 10.1. The van der Waals surface area contributed by atoms with Gasteiger partial charge in [0.2, 0.25) is 0 Å². The summed E-state index contributed by atoms with van der Waals surface area (Å²) in [5, 5.41) is 3.24. The van der Waals surface area contributed by atoms with E-state index in [2.05, 4.69) is 5.32 Å². The first kappa shape index (κ1) is 18.5. The van der Waals surface area contributed by atoms with Gasteiger partial charge in [-0.3, -0.25) is 9.59 Å². The van der Waals surface area contributed by atoms with Gasteiger partial charge in [-0.2, -0.15) is 0 Å². The zero-order valence-corrected chi connectivity index (χ0v) is 13.8. The van der Waals surface area contributed by atoms with Gasteiger partial charge in [0.15, 0.2) is 12.4 Å². The number of benzene rings is 1. The molecule has 0 atom stereocenters. The normalized spacial score (nSPS) is 15.1. The molecule has 1 heterocycles. The fraction of sp³-hybridized carbons (Fsp3) is 0.500. The summed E-state index contributed by atoms with van der Waals surface area (Å²) >= 11 is 0. The van der Waals surface area contributed by atoms with Gasteiger partial charge in [0.05, 0.1) is 0 Å². The van der Waals surface area contributed by atoms with Gasteiger partial charge in [-0.15, -0.1) is 12.4 Å². The van der Waals surface area contributed by atoms with Crippen LogP contribution < -0.4 is 10.1 Å². The van der Waals surface area contributed by atoms with Crippen LogP contribution in [0.15, 0.2) is 24.3 Å². The number of nitrogens with zero attached hydrogens (tertiary/aromatic N) is 1. The Morgan fingerprint density at radius 1 is 1.32 bits per heavy atom. The van der Waals surface area contributed by atoms with E-state index < -0.39 is 0 Å². The molecule has 1 aromatic carbocycles. The van der Waals surface area contributed by atoms with E-state index in [1.165, 1.54) is 6.92 Å². The molecule has 1 N–H and O–H groups in total. The molecule has 5 nitrogen and oxygen atoms in total. The second-order valence-electron chi connectivity index (χ2n) is 5.32. The Labute approximate surface area is 137 Å². The van der Waals surface area contributed by atoms with Crippen molar-refractivity contribution >= 4 is 24.1 Å². The number of carbonyl (C=O) groups excluding carboxylic acids is 2. The molecule has 0 aromatic heterocycles. The number of carbonyl (C=O) groups is 2. The highest BCUT2D eigenvalue weighted by molar-refractivity contribution is 5.94. The maximum Gasteiger partial charge on any atom is 0.260 e. The molecule has 6 heteroatoms. The lowest BCUT2D eigenvalue weighted by Gasteiger charge is -2.31. The van der Waals surface area contributed by atoms with E-state index in [4.69, 9.17) is 4.74 Å². The number of piperidine rings is 1. The van der Waals surface area contributed by atoms with Crippen molar-refractivity contribution in [2.24, 2.45) is 0 Å². The Hall–Kier alpha value is -1.59. The summed E-state index contributed by atoms with van der Waals surface area (Å²) in [5.74, 6) is 0.542. The lowest BCUT2D eigenvalue weighted by Crippen LogP contribution is -2.45. The predicted molar refractivity (Wildman–Crippen MR) is 87.9 cm³/mol. The van der Waals surface area contributed by atoms with Crippen LogP contribution in [0, 0.1) is 0 Å². The number of likely N-dealkylation sites (tertiary alicyclic amines) is 1. The van der Waals surface area contributed by atoms with Gasteiger partial charge < -0.3 is 15.0 Å². The lowest BCUT2D eigenvalue weighted by atomic mass is 10.1. The third kappa shape index (κ3) is 5.00. The number of rotatable bonds is 5. The van der Waals surface area contributed by atoms with Crippen LogP contribution in [-0.2, 0) is 4.79 Å². The van der Waals surface area contributed by atoms with Gasteiger partial charge in [0.1, 0.15) is 5.75 Å². The van der Waals surface area contributed by atoms with Crippen LogP contribution in [0.5, 0.6) is 5.75 Å². The van der Waals surface area contributed by atoms with Crippen molar-refractivity contribution in [3.05, 3.63) is 29.8 Å². The highest BCUT2D eigenvalue weighted by atomic mass is 35.5. The van der Waals surface area contributed by atoms with Gasteiger partial charge in [-0.05, 0) is 38.9 Å². The Balaban J connectivity index is 0.00000242. The van der Waals surface area contributed by atoms with Crippen molar-refractivity contribution in [3.8, 4) is 5.75 Å². The van der Waals surface area contributed by atoms with Crippen molar-refractivity contribution < 1.29 is 14.3 Å². The van der Waals surface area contributed by atoms with Gasteiger partial charge in [0.25, 0.3) is 5.91 Å². The summed E-state index contributed by atoms with van der Waals surface area (Å²) in [6.07, 6.45) is 1.95. The molecule has 0 radical (unpaired) electrons. The molecule has 1 fully saturated rings. The predicted octanol–water partition coefficient (Wildman–Crippen LogP) is 1.90. The summed E-state index contributed by atoms with van der Waals surface area (Å²) in [6.45, 7) is 3.06. The molecule has 0 spiro atoms. The van der Waals surface area contributed by atoms with Crippen molar-refractivity contribution in [3.63, 3.8) is 0 Å². The van der Waals surface area contributed by atoms with E-state index in [0.29, 0.717) is 17.4 Å². The average molecular weight is 327 g/mol. The molecule has 0 saturated carbocycles. The van der Waals surface area contributed by atoms with E-state index in [1.54, 1.807) is 24.3 Å². The number of ketones is 1. The lowest BCUT2D eigenvalue weighted by molar-refractivity contribution is -0.134. The highest BCUT2D eigenvalue weighted by Gasteiger charge is 2.21. The van der Waals surface area contributed by atoms with Crippen molar-refractivity contribution in [1.82, 2.24) is 10.2 Å². The van der Waals surface area contributed by atoms with Crippen molar-refractivity contribution in [2.75, 3.05) is 26.7 Å². The minimum absolute atomic E-state index is 0. The Morgan fingerprint density at radius 2 is 2.00 bits per heavy atom. The minimum atomic E-state index is -0.0130. The van der Waals surface area contributed by atoms with Crippen LogP contribution in [-0.4, -0.2) is 49.4 Å². The van der Waals surface area contributed by atoms with E-state index in [-0.39, 0.29) is 30.7 Å². The number of ether oxygens (including phenoxy) is 1. The number of Topliss-reactive ketones (excluding diaryl/α,β-unsaturated/α-hetero) is 1. The maximum absolute atomic E-state index is 12.1. The summed E-state index contributed by atoms with van der Waals surface area (Å²) in [5.41, 5.74) is 0.592. The molecule has 1 aliphatic rings. The van der Waals surface area contributed by atoms with Gasteiger partial charge >= 0.3 is 0 Å². The first-order valence-electron chi connectivity index (χ1n) is 7.29. The Kier molecular flexibility index (Phi) is 7.35. The number of amides is 1. The topological polar surface area (TPSA) is 58.6 Å². The zero-order chi connectivity index (χ0) is 15.2. The molecule has 1 aliphatic heterocycles. The van der Waals surface area contributed by atoms with Gasteiger partial charge in [-0.25, -0.2) is 0 Å². The Bertz CT molecular complexity index is 514. The van der Waals surface area contributed by atoms with Gasteiger partial charge in [0, 0.05) is 24.7 Å². The van der Waals surface area contributed by atoms with Crippen LogP contribution in [0.2, 0.25) is 0 Å². The van der Waals surface area contributed by atoms with E-state index in [0.717, 1.165) is 25.9 Å². The molecular weight excluding hydrogens is 304 g/mol. The molecule has 1 aromatic rings. The fourth-order valence-electron chi connectivity index (χ4n) is 2.46. The first-order valence-corrected chi connectivity index (χ1v) is 7.29. The summed E-state index contributed by atoms with van der Waals surface area (Å²) in [6, 6.07) is 7.42. The standard InChI is InChI=1S/C16H22N2O3.ClH/c1-12(19)13-4-3-5-15(10-13)21-11-16(20)18-8-6-14(17-2)7-9-18;/h3-5,10,14,17H,6-9,11H2,1-2H3;1H. The average Bonchev–Trinajstić information content (AvgIpc) is 2.53.